The summed E-state index contributed by atoms with van der Waals surface area (Å²) >= 11 is 0. The molecule has 1 aromatic carbocycles. The lowest BCUT2D eigenvalue weighted by molar-refractivity contribution is 0.330. The third-order valence-electron chi connectivity index (χ3n) is 1.85. The van der Waals surface area contributed by atoms with E-state index in [0.717, 1.165) is 5.56 Å². The summed E-state index contributed by atoms with van der Waals surface area (Å²) < 4.78 is 4.99. The molecular weight excluding hydrogens is 154 g/mol. The van der Waals surface area contributed by atoms with Crippen LogP contribution in [0.25, 0.3) is 0 Å². The minimum Gasteiger partial charge on any atom is -0.508 e. The van der Waals surface area contributed by atoms with Gasteiger partial charge in [0.05, 0.1) is 0 Å². The van der Waals surface area contributed by atoms with Gasteiger partial charge in [0.1, 0.15) is 18.4 Å². The van der Waals surface area contributed by atoms with E-state index in [1.807, 2.05) is 12.1 Å². The predicted molar refractivity (Wildman–Crippen MR) is 45.3 cm³/mol. The molecule has 0 aromatic heterocycles. The Morgan fingerprint density at radius 3 is 2.67 bits per heavy atom. The van der Waals surface area contributed by atoms with E-state index in [2.05, 4.69) is 4.99 Å². The molecule has 2 rings (SSSR count). The van der Waals surface area contributed by atoms with Gasteiger partial charge in [0.15, 0.2) is 6.40 Å². The van der Waals surface area contributed by atoms with E-state index in [9.17, 15) is 0 Å². The van der Waals surface area contributed by atoms with Crippen molar-refractivity contribution < 1.29 is 9.84 Å². The minimum atomic E-state index is 0.102. The van der Waals surface area contributed by atoms with Crippen molar-refractivity contribution in [1.82, 2.24) is 0 Å². The van der Waals surface area contributed by atoms with E-state index >= 15 is 0 Å². The number of hydrogen-bond donors (Lipinski definition) is 1. The molecule has 1 aromatic rings. The molecule has 0 spiro atoms. The zero-order valence-corrected chi connectivity index (χ0v) is 6.47. The number of nitrogens with zero attached hydrogens (tertiary/aromatic N) is 1. The lowest BCUT2D eigenvalue weighted by atomic mass is 10.1. The van der Waals surface area contributed by atoms with Crippen LogP contribution in [-0.4, -0.2) is 18.1 Å². The average molecular weight is 163 g/mol. The Labute approximate surface area is 70.3 Å². The van der Waals surface area contributed by atoms with Crippen molar-refractivity contribution in [2.24, 2.45) is 4.99 Å². The summed E-state index contributed by atoms with van der Waals surface area (Å²) in [6, 6.07) is 7.12. The van der Waals surface area contributed by atoms with Crippen LogP contribution < -0.4 is 0 Å². The molecule has 1 aliphatic heterocycles. The van der Waals surface area contributed by atoms with E-state index in [4.69, 9.17) is 9.84 Å². The third kappa shape index (κ3) is 1.25. The summed E-state index contributed by atoms with van der Waals surface area (Å²) in [6.07, 6.45) is 1.47. The molecule has 0 fully saturated rings. The van der Waals surface area contributed by atoms with Crippen LogP contribution in [0.4, 0.5) is 0 Å². The number of rotatable bonds is 1. The van der Waals surface area contributed by atoms with Gasteiger partial charge in [-0.25, -0.2) is 4.99 Å². The summed E-state index contributed by atoms with van der Waals surface area (Å²) in [4.78, 5) is 4.11. The number of phenols is 1. The Balaban J connectivity index is 2.23. The van der Waals surface area contributed by atoms with Crippen LogP contribution in [0, 0.1) is 0 Å². The van der Waals surface area contributed by atoms with Gasteiger partial charge in [0, 0.05) is 0 Å². The van der Waals surface area contributed by atoms with Gasteiger partial charge < -0.3 is 9.84 Å². The molecule has 0 saturated heterocycles. The van der Waals surface area contributed by atoms with Crippen molar-refractivity contribution in [3.63, 3.8) is 0 Å². The van der Waals surface area contributed by atoms with Crippen LogP contribution in [0.1, 0.15) is 11.6 Å². The average Bonchev–Trinajstić information content (AvgIpc) is 2.58. The highest BCUT2D eigenvalue weighted by atomic mass is 16.5. The summed E-state index contributed by atoms with van der Waals surface area (Å²) in [5, 5.41) is 9.03. The van der Waals surface area contributed by atoms with Crippen molar-refractivity contribution >= 4 is 6.40 Å². The van der Waals surface area contributed by atoms with Crippen LogP contribution in [0.2, 0.25) is 0 Å². The van der Waals surface area contributed by atoms with Crippen LogP contribution in [-0.2, 0) is 4.74 Å². The molecule has 1 unspecified atom stereocenters. The van der Waals surface area contributed by atoms with Gasteiger partial charge in [-0.1, -0.05) is 12.1 Å². The number of aliphatic imine (C=N–C) groups is 1. The molecule has 1 atom stereocenters. The molecule has 0 radical (unpaired) electrons. The van der Waals surface area contributed by atoms with E-state index in [1.54, 1.807) is 12.1 Å². The molecule has 3 nitrogen and oxygen atoms in total. The molecular formula is C9H9NO2. The monoisotopic (exact) mass is 163 g/mol. The molecule has 0 aliphatic carbocycles. The van der Waals surface area contributed by atoms with Gasteiger partial charge in [0.25, 0.3) is 0 Å². The second-order valence-corrected chi connectivity index (χ2v) is 2.70. The van der Waals surface area contributed by atoms with Crippen molar-refractivity contribution in [2.75, 3.05) is 6.61 Å². The van der Waals surface area contributed by atoms with Crippen LogP contribution >= 0.6 is 0 Å². The lowest BCUT2D eigenvalue weighted by Crippen LogP contribution is -1.96. The standard InChI is InChI=1S/C9H9NO2/c11-8-3-1-7(2-4-8)9-5-12-6-10-9/h1-4,6,9,11H,5H2. The smallest absolute Gasteiger partial charge is 0.170 e. The predicted octanol–water partition coefficient (Wildman–Crippen LogP) is 1.49. The molecule has 1 N–H and O–H groups in total. The number of benzene rings is 1. The third-order valence-corrected chi connectivity index (χ3v) is 1.85. The van der Waals surface area contributed by atoms with Gasteiger partial charge in [-0.15, -0.1) is 0 Å². The molecule has 12 heavy (non-hydrogen) atoms. The minimum absolute atomic E-state index is 0.102. The first kappa shape index (κ1) is 7.16. The Hall–Kier alpha value is -1.51. The molecule has 62 valence electrons. The lowest BCUT2D eigenvalue weighted by Gasteiger charge is -2.04. The summed E-state index contributed by atoms with van der Waals surface area (Å²) in [5.74, 6) is 0.279. The first-order valence-corrected chi connectivity index (χ1v) is 3.78. The quantitative estimate of drug-likeness (QED) is 0.681. The topological polar surface area (TPSA) is 41.8 Å². The Bertz CT molecular complexity index is 292. The van der Waals surface area contributed by atoms with Crippen molar-refractivity contribution in [3.05, 3.63) is 29.8 Å². The first-order chi connectivity index (χ1) is 5.86. The molecule has 0 amide bonds. The zero-order chi connectivity index (χ0) is 8.39. The maximum absolute atomic E-state index is 9.03. The molecule has 1 heterocycles. The Morgan fingerprint density at radius 2 is 2.08 bits per heavy atom. The highest BCUT2D eigenvalue weighted by Crippen LogP contribution is 2.22. The highest BCUT2D eigenvalue weighted by molar-refractivity contribution is 5.50. The van der Waals surface area contributed by atoms with E-state index in [0.29, 0.717) is 6.61 Å². The van der Waals surface area contributed by atoms with E-state index in [1.165, 1.54) is 6.40 Å². The fraction of sp³-hybridized carbons (Fsp3) is 0.222. The van der Waals surface area contributed by atoms with Gasteiger partial charge in [-0.05, 0) is 17.7 Å². The summed E-state index contributed by atoms with van der Waals surface area (Å²) in [7, 11) is 0. The molecule has 0 saturated carbocycles. The summed E-state index contributed by atoms with van der Waals surface area (Å²) in [6.45, 7) is 0.602. The number of phenolic OH excluding ortho intramolecular Hbond substituents is 1. The normalized spacial score (nSPS) is 20.8. The van der Waals surface area contributed by atoms with Crippen molar-refractivity contribution in [3.8, 4) is 5.75 Å². The molecule has 1 aliphatic rings. The largest absolute Gasteiger partial charge is 0.508 e. The molecule has 0 bridgehead atoms. The van der Waals surface area contributed by atoms with Gasteiger partial charge in [-0.2, -0.15) is 0 Å². The van der Waals surface area contributed by atoms with Gasteiger partial charge >= 0.3 is 0 Å². The van der Waals surface area contributed by atoms with Crippen LogP contribution in [0.3, 0.4) is 0 Å². The Morgan fingerprint density at radius 1 is 1.33 bits per heavy atom. The number of ether oxygens (including phenoxy) is 1. The fourth-order valence-corrected chi connectivity index (χ4v) is 1.17. The van der Waals surface area contributed by atoms with Crippen LogP contribution in [0.15, 0.2) is 29.3 Å². The second kappa shape index (κ2) is 2.85. The summed E-state index contributed by atoms with van der Waals surface area (Å²) in [5.41, 5.74) is 1.07. The molecule has 3 heteroatoms. The highest BCUT2D eigenvalue weighted by Gasteiger charge is 2.13. The SMILES string of the molecule is Oc1ccc(C2COC=N2)cc1. The van der Waals surface area contributed by atoms with E-state index < -0.39 is 0 Å². The number of aromatic hydroxyl groups is 1. The van der Waals surface area contributed by atoms with Gasteiger partial charge in [-0.3, -0.25) is 0 Å². The van der Waals surface area contributed by atoms with Gasteiger partial charge in [0.2, 0.25) is 0 Å². The second-order valence-electron chi connectivity index (χ2n) is 2.70. The first-order valence-electron chi connectivity index (χ1n) is 3.78. The van der Waals surface area contributed by atoms with Crippen molar-refractivity contribution in [2.45, 2.75) is 6.04 Å². The maximum atomic E-state index is 9.03. The van der Waals surface area contributed by atoms with Crippen LogP contribution in [0.5, 0.6) is 5.75 Å². The zero-order valence-electron chi connectivity index (χ0n) is 6.47. The Kier molecular flexibility index (Phi) is 1.70. The van der Waals surface area contributed by atoms with Crippen molar-refractivity contribution in [1.29, 1.82) is 0 Å². The number of hydrogen-bond acceptors (Lipinski definition) is 3. The fourth-order valence-electron chi connectivity index (χ4n) is 1.17. The maximum Gasteiger partial charge on any atom is 0.170 e. The van der Waals surface area contributed by atoms with E-state index in [-0.39, 0.29) is 11.8 Å².